The van der Waals surface area contributed by atoms with Crippen LogP contribution in [0.2, 0.25) is 0 Å². The molecule has 0 aliphatic rings. The average molecular weight is 242 g/mol. The number of hydrogen-bond acceptors (Lipinski definition) is 2. The quantitative estimate of drug-likeness (QED) is 0.810. The second kappa shape index (κ2) is 5.82. The van der Waals surface area contributed by atoms with Gasteiger partial charge in [-0.05, 0) is 17.7 Å². The van der Waals surface area contributed by atoms with Gasteiger partial charge in [-0.25, -0.2) is 0 Å². The Morgan fingerprint density at radius 2 is 1.94 bits per heavy atom. The highest BCUT2D eigenvalue weighted by Crippen LogP contribution is 2.00. The van der Waals surface area contributed by atoms with Crippen LogP contribution in [0, 0.1) is 0 Å². The third kappa shape index (κ3) is 3.07. The third-order valence-corrected chi connectivity index (χ3v) is 2.63. The van der Waals surface area contributed by atoms with Gasteiger partial charge in [0.15, 0.2) is 6.29 Å². The van der Waals surface area contributed by atoms with Gasteiger partial charge in [-0.2, -0.15) is 0 Å². The lowest BCUT2D eigenvalue weighted by atomic mass is 10.2. The summed E-state index contributed by atoms with van der Waals surface area (Å²) in [7, 11) is 0. The van der Waals surface area contributed by atoms with Crippen molar-refractivity contribution >= 4 is 12.2 Å². The zero-order valence-electron chi connectivity index (χ0n) is 9.87. The minimum absolute atomic E-state index is 0.113. The van der Waals surface area contributed by atoms with Gasteiger partial charge in [-0.1, -0.05) is 30.3 Å². The van der Waals surface area contributed by atoms with Crippen LogP contribution < -0.4 is 5.32 Å². The van der Waals surface area contributed by atoms with Gasteiger partial charge < -0.3 is 9.88 Å². The van der Waals surface area contributed by atoms with Crippen LogP contribution in [0.25, 0.3) is 0 Å². The first-order valence-corrected chi connectivity index (χ1v) is 5.70. The van der Waals surface area contributed by atoms with Crippen molar-refractivity contribution in [2.24, 2.45) is 0 Å². The van der Waals surface area contributed by atoms with Crippen molar-refractivity contribution in [1.29, 1.82) is 0 Å². The third-order valence-electron chi connectivity index (χ3n) is 2.63. The van der Waals surface area contributed by atoms with Crippen molar-refractivity contribution in [2.45, 2.75) is 13.1 Å². The van der Waals surface area contributed by atoms with Gasteiger partial charge in [0.1, 0.15) is 6.54 Å². The summed E-state index contributed by atoms with van der Waals surface area (Å²) in [6.45, 7) is 0.658. The maximum atomic E-state index is 11.7. The first-order valence-electron chi connectivity index (χ1n) is 5.70. The van der Waals surface area contributed by atoms with Crippen LogP contribution in [0.15, 0.2) is 48.7 Å². The molecule has 1 aromatic heterocycles. The molecular formula is C14H14N2O2. The Balaban J connectivity index is 1.88. The molecule has 1 aromatic carbocycles. The summed E-state index contributed by atoms with van der Waals surface area (Å²) in [4.78, 5) is 22.4. The fourth-order valence-corrected chi connectivity index (χ4v) is 1.69. The molecule has 0 saturated heterocycles. The molecule has 1 amide bonds. The summed E-state index contributed by atoms with van der Waals surface area (Å²) in [5.41, 5.74) is 1.55. The number of nitrogens with zero attached hydrogens (tertiary/aromatic N) is 1. The van der Waals surface area contributed by atoms with E-state index in [-0.39, 0.29) is 12.5 Å². The second-order valence-corrected chi connectivity index (χ2v) is 3.94. The molecule has 2 rings (SSSR count). The molecule has 0 aliphatic heterocycles. The van der Waals surface area contributed by atoms with E-state index in [1.807, 2.05) is 30.3 Å². The van der Waals surface area contributed by atoms with E-state index in [9.17, 15) is 9.59 Å². The molecule has 2 aromatic rings. The first-order chi connectivity index (χ1) is 8.79. The van der Waals surface area contributed by atoms with E-state index < -0.39 is 0 Å². The SMILES string of the molecule is O=Cc1cccn1CC(=O)NCc1ccccc1. The number of hydrogen-bond donors (Lipinski definition) is 1. The molecule has 4 nitrogen and oxygen atoms in total. The molecule has 0 fully saturated rings. The van der Waals surface area contributed by atoms with Gasteiger partial charge in [-0.15, -0.1) is 0 Å². The Morgan fingerprint density at radius 1 is 1.17 bits per heavy atom. The van der Waals surface area contributed by atoms with Crippen molar-refractivity contribution in [3.8, 4) is 0 Å². The molecule has 1 heterocycles. The Morgan fingerprint density at radius 3 is 2.67 bits per heavy atom. The topological polar surface area (TPSA) is 51.1 Å². The highest BCUT2D eigenvalue weighted by molar-refractivity contribution is 5.78. The smallest absolute Gasteiger partial charge is 0.240 e. The lowest BCUT2D eigenvalue weighted by molar-refractivity contribution is -0.121. The van der Waals surface area contributed by atoms with Crippen LogP contribution in [0.1, 0.15) is 16.1 Å². The van der Waals surface area contributed by atoms with E-state index in [1.165, 1.54) is 0 Å². The van der Waals surface area contributed by atoms with Gasteiger partial charge in [0.25, 0.3) is 0 Å². The fraction of sp³-hybridized carbons (Fsp3) is 0.143. The van der Waals surface area contributed by atoms with Crippen molar-refractivity contribution in [3.63, 3.8) is 0 Å². The van der Waals surface area contributed by atoms with Gasteiger partial charge >= 0.3 is 0 Å². The molecule has 0 spiro atoms. The lowest BCUT2D eigenvalue weighted by Crippen LogP contribution is -2.27. The van der Waals surface area contributed by atoms with Gasteiger partial charge in [0.2, 0.25) is 5.91 Å². The Bertz CT molecular complexity index is 532. The van der Waals surface area contributed by atoms with Gasteiger partial charge in [-0.3, -0.25) is 9.59 Å². The Hall–Kier alpha value is -2.36. The molecule has 0 unspecified atom stereocenters. The van der Waals surface area contributed by atoms with E-state index in [0.29, 0.717) is 12.2 Å². The Kier molecular flexibility index (Phi) is 3.91. The zero-order valence-corrected chi connectivity index (χ0v) is 9.87. The number of benzene rings is 1. The van der Waals surface area contributed by atoms with Crippen molar-refractivity contribution in [3.05, 3.63) is 59.9 Å². The van der Waals surface area contributed by atoms with Crippen molar-refractivity contribution < 1.29 is 9.59 Å². The second-order valence-electron chi connectivity index (χ2n) is 3.94. The molecule has 92 valence electrons. The minimum atomic E-state index is -0.113. The highest BCUT2D eigenvalue weighted by Gasteiger charge is 2.05. The average Bonchev–Trinajstić information content (AvgIpc) is 2.85. The number of carbonyl (C=O) groups is 2. The molecule has 0 saturated carbocycles. The van der Waals surface area contributed by atoms with Crippen molar-refractivity contribution in [2.75, 3.05) is 0 Å². The normalized spacial score (nSPS) is 10.0. The Labute approximate surface area is 105 Å². The number of aromatic nitrogens is 1. The van der Waals surface area contributed by atoms with E-state index >= 15 is 0 Å². The predicted molar refractivity (Wildman–Crippen MR) is 68.1 cm³/mol. The molecule has 0 radical (unpaired) electrons. The summed E-state index contributed by atoms with van der Waals surface area (Å²) < 4.78 is 1.62. The van der Waals surface area contributed by atoms with Crippen LogP contribution in [-0.4, -0.2) is 16.8 Å². The maximum absolute atomic E-state index is 11.7. The van der Waals surface area contributed by atoms with Crippen LogP contribution in [0.3, 0.4) is 0 Å². The van der Waals surface area contributed by atoms with Gasteiger partial charge in [0, 0.05) is 12.7 Å². The van der Waals surface area contributed by atoms with Crippen LogP contribution in [0.4, 0.5) is 0 Å². The standard InChI is InChI=1S/C14H14N2O2/c17-11-13-7-4-8-16(13)10-14(18)15-9-12-5-2-1-3-6-12/h1-8,11H,9-10H2,(H,15,18). The molecule has 0 bridgehead atoms. The number of aldehydes is 1. The molecule has 4 heteroatoms. The molecule has 18 heavy (non-hydrogen) atoms. The minimum Gasteiger partial charge on any atom is -0.350 e. The van der Waals surface area contributed by atoms with E-state index in [4.69, 9.17) is 0 Å². The summed E-state index contributed by atoms with van der Waals surface area (Å²) in [6, 6.07) is 13.1. The van der Waals surface area contributed by atoms with Crippen molar-refractivity contribution in [1.82, 2.24) is 9.88 Å². The van der Waals surface area contributed by atoms with E-state index in [2.05, 4.69) is 5.32 Å². The summed E-state index contributed by atoms with van der Waals surface area (Å²) in [5, 5.41) is 2.81. The molecule has 0 aliphatic carbocycles. The molecule has 1 N–H and O–H groups in total. The highest BCUT2D eigenvalue weighted by atomic mass is 16.2. The van der Waals surface area contributed by atoms with Crippen LogP contribution in [-0.2, 0) is 17.9 Å². The number of rotatable bonds is 5. The zero-order chi connectivity index (χ0) is 12.8. The lowest BCUT2D eigenvalue weighted by Gasteiger charge is -2.07. The summed E-state index contributed by atoms with van der Waals surface area (Å²) in [5.74, 6) is -0.113. The molecule has 0 atom stereocenters. The number of nitrogens with one attached hydrogen (secondary N) is 1. The fourth-order valence-electron chi connectivity index (χ4n) is 1.69. The largest absolute Gasteiger partial charge is 0.350 e. The summed E-state index contributed by atoms with van der Waals surface area (Å²) in [6.07, 6.45) is 2.45. The number of carbonyl (C=O) groups excluding carboxylic acids is 2. The van der Waals surface area contributed by atoms with E-state index in [1.54, 1.807) is 22.9 Å². The predicted octanol–water partition coefficient (Wildman–Crippen LogP) is 1.62. The van der Waals surface area contributed by atoms with Crippen LogP contribution >= 0.6 is 0 Å². The van der Waals surface area contributed by atoms with E-state index in [0.717, 1.165) is 11.8 Å². The van der Waals surface area contributed by atoms with Crippen LogP contribution in [0.5, 0.6) is 0 Å². The monoisotopic (exact) mass is 242 g/mol. The van der Waals surface area contributed by atoms with Gasteiger partial charge in [0.05, 0.1) is 5.69 Å². The summed E-state index contributed by atoms with van der Waals surface area (Å²) >= 11 is 0. The first kappa shape index (κ1) is 12.1. The number of amides is 1. The maximum Gasteiger partial charge on any atom is 0.240 e. The molecular weight excluding hydrogens is 228 g/mol.